The van der Waals surface area contributed by atoms with Gasteiger partial charge in [0.25, 0.3) is 0 Å². The highest BCUT2D eigenvalue weighted by Crippen LogP contribution is 2.15. The zero-order valence-corrected chi connectivity index (χ0v) is 11.4. The first-order valence-corrected chi connectivity index (χ1v) is 6.30. The number of rotatable bonds is 3. The van der Waals surface area contributed by atoms with Gasteiger partial charge in [-0.1, -0.05) is 0 Å². The van der Waals surface area contributed by atoms with Crippen molar-refractivity contribution in [2.75, 3.05) is 0 Å². The molecule has 4 aromatic heterocycles. The van der Waals surface area contributed by atoms with E-state index in [0.717, 1.165) is 5.39 Å². The van der Waals surface area contributed by atoms with Crippen LogP contribution in [0.25, 0.3) is 16.7 Å². The van der Waals surface area contributed by atoms with Gasteiger partial charge >= 0.3 is 5.69 Å². The molecule has 0 saturated carbocycles. The number of aromatic nitrogens is 8. The van der Waals surface area contributed by atoms with Crippen LogP contribution in [0.2, 0.25) is 0 Å². The van der Waals surface area contributed by atoms with Crippen molar-refractivity contribution < 1.29 is 4.92 Å². The third-order valence-electron chi connectivity index (χ3n) is 3.25. The van der Waals surface area contributed by atoms with Crippen LogP contribution in [0.5, 0.6) is 0 Å². The molecule has 0 N–H and O–H groups in total. The summed E-state index contributed by atoms with van der Waals surface area (Å²) in [6.07, 6.45) is 5.76. The third kappa shape index (κ3) is 1.79. The largest absolute Gasteiger partial charge is 0.307 e. The monoisotopic (exact) mass is 299 g/mol. The van der Waals surface area contributed by atoms with Gasteiger partial charge in [0.1, 0.15) is 25.3 Å². The van der Waals surface area contributed by atoms with Gasteiger partial charge in [-0.3, -0.25) is 19.5 Å². The first kappa shape index (κ1) is 12.4. The van der Waals surface area contributed by atoms with Crippen molar-refractivity contribution in [3.05, 3.63) is 40.9 Å². The maximum atomic E-state index is 10.7. The molecule has 110 valence electrons. The lowest BCUT2D eigenvalue weighted by Gasteiger charge is -1.93. The Morgan fingerprint density at radius 3 is 2.91 bits per heavy atom. The van der Waals surface area contributed by atoms with E-state index in [0.29, 0.717) is 17.1 Å². The van der Waals surface area contributed by atoms with Gasteiger partial charge in [-0.2, -0.15) is 10.2 Å². The van der Waals surface area contributed by atoms with Crippen molar-refractivity contribution in [3.8, 4) is 0 Å². The van der Waals surface area contributed by atoms with E-state index < -0.39 is 4.92 Å². The first-order chi connectivity index (χ1) is 10.6. The minimum atomic E-state index is -0.496. The summed E-state index contributed by atoms with van der Waals surface area (Å²) in [7, 11) is 1.80. The highest BCUT2D eigenvalue weighted by Gasteiger charge is 2.13. The topological polar surface area (TPSA) is 122 Å². The number of aryl methyl sites for hydroxylation is 1. The molecule has 4 rings (SSSR count). The number of fused-ring (bicyclic) bond motifs is 3. The van der Waals surface area contributed by atoms with Crippen LogP contribution in [0.3, 0.4) is 0 Å². The zero-order valence-electron chi connectivity index (χ0n) is 11.4. The van der Waals surface area contributed by atoms with E-state index >= 15 is 0 Å². The van der Waals surface area contributed by atoms with E-state index in [9.17, 15) is 10.1 Å². The van der Waals surface area contributed by atoms with Gasteiger partial charge in [-0.15, -0.1) is 5.10 Å². The predicted octanol–water partition coefficient (Wildman–Crippen LogP) is 0.164. The molecule has 0 aliphatic rings. The highest BCUT2D eigenvalue weighted by molar-refractivity contribution is 5.88. The van der Waals surface area contributed by atoms with Crippen LogP contribution < -0.4 is 0 Å². The summed E-state index contributed by atoms with van der Waals surface area (Å²) >= 11 is 0. The normalized spacial score (nSPS) is 11.5. The van der Waals surface area contributed by atoms with Crippen LogP contribution >= 0.6 is 0 Å². The predicted molar refractivity (Wildman–Crippen MR) is 73.0 cm³/mol. The minimum absolute atomic E-state index is 0.0694. The molecule has 0 amide bonds. The van der Waals surface area contributed by atoms with Crippen LogP contribution in [0.4, 0.5) is 5.69 Å². The Hall–Kier alpha value is -3.37. The molecule has 0 saturated heterocycles. The number of hydrogen-bond donors (Lipinski definition) is 0. The van der Waals surface area contributed by atoms with Crippen LogP contribution in [-0.4, -0.2) is 44.1 Å². The fraction of sp³-hybridized carbons (Fsp3) is 0.182. The summed E-state index contributed by atoms with van der Waals surface area (Å²) in [5.41, 5.74) is 1.27. The van der Waals surface area contributed by atoms with E-state index in [1.807, 2.05) is 0 Å². The van der Waals surface area contributed by atoms with Crippen molar-refractivity contribution in [2.24, 2.45) is 7.05 Å². The maximum Gasteiger partial charge on any atom is 0.307 e. The molecule has 22 heavy (non-hydrogen) atoms. The Bertz CT molecular complexity index is 1010. The second-order valence-corrected chi connectivity index (χ2v) is 4.70. The molecule has 4 aromatic rings. The lowest BCUT2D eigenvalue weighted by atomic mass is 10.4. The summed E-state index contributed by atoms with van der Waals surface area (Å²) in [6.45, 7) is 0.233. The second-order valence-electron chi connectivity index (χ2n) is 4.70. The van der Waals surface area contributed by atoms with Crippen molar-refractivity contribution in [1.82, 2.24) is 39.1 Å². The summed E-state index contributed by atoms with van der Waals surface area (Å²) in [5.74, 6) is 0.483. The molecule has 0 unspecified atom stereocenters. The Morgan fingerprint density at radius 1 is 1.27 bits per heavy atom. The molecule has 11 nitrogen and oxygen atoms in total. The van der Waals surface area contributed by atoms with Gasteiger partial charge in [0, 0.05) is 7.05 Å². The second kappa shape index (κ2) is 4.31. The average molecular weight is 299 g/mol. The Kier molecular flexibility index (Phi) is 2.43. The van der Waals surface area contributed by atoms with Gasteiger partial charge in [0.15, 0.2) is 17.1 Å². The van der Waals surface area contributed by atoms with Gasteiger partial charge < -0.3 is 0 Å². The minimum Gasteiger partial charge on any atom is -0.258 e. The van der Waals surface area contributed by atoms with Crippen LogP contribution in [0, 0.1) is 10.1 Å². The summed E-state index contributed by atoms with van der Waals surface area (Å²) in [5, 5.41) is 23.8. The lowest BCUT2D eigenvalue weighted by Crippen LogP contribution is -2.02. The Labute approximate surface area is 122 Å². The first-order valence-electron chi connectivity index (χ1n) is 6.30. The van der Waals surface area contributed by atoms with E-state index in [1.165, 1.54) is 17.1 Å². The molecule has 0 bridgehead atoms. The van der Waals surface area contributed by atoms with Gasteiger partial charge in [-0.05, 0) is 0 Å². The molecule has 4 heterocycles. The SMILES string of the molecule is Cn1ncc2c1ncn1nc(Cn3cc([N+](=O)[O-])cn3)nc21. The third-order valence-corrected chi connectivity index (χ3v) is 3.25. The Balaban J connectivity index is 1.75. The maximum absolute atomic E-state index is 10.7. The highest BCUT2D eigenvalue weighted by atomic mass is 16.6. The van der Waals surface area contributed by atoms with E-state index in [2.05, 4.69) is 25.3 Å². The zero-order chi connectivity index (χ0) is 15.3. The molecule has 0 spiro atoms. The van der Waals surface area contributed by atoms with Crippen molar-refractivity contribution in [2.45, 2.75) is 6.54 Å². The molecule has 0 aromatic carbocycles. The molecule has 0 radical (unpaired) electrons. The van der Waals surface area contributed by atoms with Gasteiger partial charge in [-0.25, -0.2) is 14.5 Å². The molecule has 0 fully saturated rings. The number of nitro groups is 1. The van der Waals surface area contributed by atoms with Crippen LogP contribution in [0.1, 0.15) is 5.82 Å². The fourth-order valence-electron chi connectivity index (χ4n) is 2.23. The molecule has 0 atom stereocenters. The molecule has 0 aliphatic heterocycles. The summed E-state index contributed by atoms with van der Waals surface area (Å²) in [6, 6.07) is 0. The van der Waals surface area contributed by atoms with Crippen LogP contribution in [-0.2, 0) is 13.6 Å². The number of nitrogens with zero attached hydrogens (tertiary/aromatic N) is 9. The molecule has 11 heteroatoms. The van der Waals surface area contributed by atoms with E-state index in [4.69, 9.17) is 0 Å². The average Bonchev–Trinajstić information content (AvgIpc) is 3.17. The number of hydrogen-bond acceptors (Lipinski definition) is 7. The smallest absolute Gasteiger partial charge is 0.258 e. The lowest BCUT2D eigenvalue weighted by molar-refractivity contribution is -0.385. The fourth-order valence-corrected chi connectivity index (χ4v) is 2.23. The molecular formula is C11H9N9O2. The Morgan fingerprint density at radius 2 is 2.14 bits per heavy atom. The van der Waals surface area contributed by atoms with Crippen molar-refractivity contribution >= 4 is 22.4 Å². The van der Waals surface area contributed by atoms with Gasteiger partial charge in [0.05, 0.1) is 16.5 Å². The quantitative estimate of drug-likeness (QED) is 0.390. The van der Waals surface area contributed by atoms with Crippen LogP contribution in [0.15, 0.2) is 24.9 Å². The van der Waals surface area contributed by atoms with E-state index in [-0.39, 0.29) is 12.2 Å². The van der Waals surface area contributed by atoms with Crippen molar-refractivity contribution in [3.63, 3.8) is 0 Å². The van der Waals surface area contributed by atoms with E-state index in [1.54, 1.807) is 28.8 Å². The summed E-state index contributed by atoms with van der Waals surface area (Å²) < 4.78 is 4.62. The summed E-state index contributed by atoms with van der Waals surface area (Å²) in [4.78, 5) is 18.9. The molecular weight excluding hydrogens is 290 g/mol. The van der Waals surface area contributed by atoms with Crippen molar-refractivity contribution in [1.29, 1.82) is 0 Å². The standard InChI is InChI=1S/C11H9N9O2/c1-17-10-8(3-13-17)11-15-9(16-19(11)6-12-10)5-18-4-7(2-14-18)20(21)22/h2-4,6H,5H2,1H3. The molecule has 0 aliphatic carbocycles. The van der Waals surface area contributed by atoms with Gasteiger partial charge in [0.2, 0.25) is 0 Å².